The number of nitrogens with zero attached hydrogens (tertiary/aromatic N) is 1. The van der Waals surface area contributed by atoms with Gasteiger partial charge in [-0.1, -0.05) is 41.4 Å². The Balaban J connectivity index is 1.94. The average molecular weight is 321 g/mol. The molecule has 1 aliphatic heterocycles. The van der Waals surface area contributed by atoms with Crippen LogP contribution in [-0.2, 0) is 13.0 Å². The summed E-state index contributed by atoms with van der Waals surface area (Å²) < 4.78 is 0. The summed E-state index contributed by atoms with van der Waals surface area (Å²) in [5, 5.41) is 1.05. The molecule has 4 heteroatoms. The van der Waals surface area contributed by atoms with E-state index in [2.05, 4.69) is 36.1 Å². The number of rotatable bonds is 2. The van der Waals surface area contributed by atoms with Crippen molar-refractivity contribution in [3.05, 3.63) is 57.6 Å². The lowest BCUT2D eigenvalue weighted by molar-refractivity contribution is 0.560. The Hall–Kier alpha value is -1.38. The van der Waals surface area contributed by atoms with Crippen molar-refractivity contribution < 1.29 is 0 Å². The summed E-state index contributed by atoms with van der Waals surface area (Å²) in [7, 11) is 0. The van der Waals surface area contributed by atoms with Gasteiger partial charge in [0.2, 0.25) is 0 Å². The minimum absolute atomic E-state index is 0.453. The van der Waals surface area contributed by atoms with E-state index in [0.717, 1.165) is 24.9 Å². The fourth-order valence-electron chi connectivity index (χ4n) is 2.93. The maximum atomic E-state index is 6.15. The highest BCUT2D eigenvalue weighted by Crippen LogP contribution is 2.34. The van der Waals surface area contributed by atoms with Crippen LogP contribution >= 0.6 is 23.2 Å². The van der Waals surface area contributed by atoms with Crippen LogP contribution in [0, 0.1) is 0 Å². The van der Waals surface area contributed by atoms with Gasteiger partial charge < -0.3 is 10.6 Å². The number of halogens is 2. The zero-order valence-corrected chi connectivity index (χ0v) is 13.5. The van der Waals surface area contributed by atoms with Gasteiger partial charge in [-0.2, -0.15) is 0 Å². The third-order valence-corrected chi connectivity index (χ3v) is 4.78. The van der Waals surface area contributed by atoms with Crippen molar-refractivity contribution in [2.75, 3.05) is 10.6 Å². The summed E-state index contributed by atoms with van der Waals surface area (Å²) >= 11 is 12.3. The molecule has 3 rings (SSSR count). The highest BCUT2D eigenvalue weighted by Gasteiger charge is 2.23. The number of fused-ring (bicyclic) bond motifs is 1. The van der Waals surface area contributed by atoms with E-state index in [-0.39, 0.29) is 0 Å². The summed E-state index contributed by atoms with van der Waals surface area (Å²) in [5.41, 5.74) is 10.1. The van der Waals surface area contributed by atoms with Gasteiger partial charge in [0.25, 0.3) is 0 Å². The van der Waals surface area contributed by atoms with E-state index in [1.54, 1.807) is 0 Å². The molecule has 0 saturated heterocycles. The van der Waals surface area contributed by atoms with Crippen LogP contribution in [-0.4, -0.2) is 6.04 Å². The molecule has 0 amide bonds. The van der Waals surface area contributed by atoms with Crippen molar-refractivity contribution in [3.63, 3.8) is 0 Å². The van der Waals surface area contributed by atoms with Gasteiger partial charge in [-0.15, -0.1) is 0 Å². The van der Waals surface area contributed by atoms with Gasteiger partial charge in [-0.05, 0) is 49.1 Å². The second-order valence-corrected chi connectivity index (χ2v) is 6.43. The SMILES string of the molecule is CC1CCc2ccccc2N1Cc1cc(Cl)c(N)c(Cl)c1. The molecular formula is C17H18Cl2N2. The Morgan fingerprint density at radius 2 is 1.86 bits per heavy atom. The molecule has 1 heterocycles. The van der Waals surface area contributed by atoms with E-state index in [9.17, 15) is 0 Å². The lowest BCUT2D eigenvalue weighted by atomic mass is 9.96. The quantitative estimate of drug-likeness (QED) is 0.796. The maximum Gasteiger partial charge on any atom is 0.0693 e. The lowest BCUT2D eigenvalue weighted by Gasteiger charge is -2.37. The number of anilines is 2. The first kappa shape index (κ1) is 14.6. The summed E-state index contributed by atoms with van der Waals surface area (Å²) in [4.78, 5) is 2.41. The molecule has 0 aromatic heterocycles. The number of hydrogen-bond acceptors (Lipinski definition) is 2. The number of hydrogen-bond donors (Lipinski definition) is 1. The number of para-hydroxylation sites is 1. The first-order valence-electron chi connectivity index (χ1n) is 7.14. The van der Waals surface area contributed by atoms with Gasteiger partial charge in [0.05, 0.1) is 15.7 Å². The number of nitrogens with two attached hydrogens (primary N) is 1. The van der Waals surface area contributed by atoms with E-state index < -0.39 is 0 Å². The molecule has 0 bridgehead atoms. The molecule has 2 aromatic carbocycles. The second-order valence-electron chi connectivity index (χ2n) is 5.62. The van der Waals surface area contributed by atoms with Crippen molar-refractivity contribution in [3.8, 4) is 0 Å². The average Bonchev–Trinajstić information content (AvgIpc) is 2.47. The summed E-state index contributed by atoms with van der Waals surface area (Å²) in [5.74, 6) is 0. The topological polar surface area (TPSA) is 29.3 Å². The summed E-state index contributed by atoms with van der Waals surface area (Å²) in [6, 6.07) is 12.9. The van der Waals surface area contributed by atoms with Crippen LogP contribution in [0.2, 0.25) is 10.0 Å². The zero-order chi connectivity index (χ0) is 15.0. The third kappa shape index (κ3) is 2.83. The zero-order valence-electron chi connectivity index (χ0n) is 11.9. The smallest absolute Gasteiger partial charge is 0.0693 e. The Labute approximate surface area is 135 Å². The monoisotopic (exact) mass is 320 g/mol. The molecule has 2 nitrogen and oxygen atoms in total. The standard InChI is InChI=1S/C17H18Cl2N2/c1-11-6-7-13-4-2-3-5-16(13)21(11)10-12-8-14(18)17(20)15(19)9-12/h2-5,8-9,11H,6-7,10,20H2,1H3. The molecule has 2 aromatic rings. The second kappa shape index (κ2) is 5.78. The molecule has 110 valence electrons. The minimum Gasteiger partial charge on any atom is -0.396 e. The van der Waals surface area contributed by atoms with Gasteiger partial charge in [-0.25, -0.2) is 0 Å². The van der Waals surface area contributed by atoms with Crippen LogP contribution in [0.1, 0.15) is 24.5 Å². The van der Waals surface area contributed by atoms with Gasteiger partial charge in [0.15, 0.2) is 0 Å². The fraction of sp³-hybridized carbons (Fsp3) is 0.294. The molecule has 2 N–H and O–H groups in total. The highest BCUT2D eigenvalue weighted by atomic mass is 35.5. The predicted molar refractivity (Wildman–Crippen MR) is 91.3 cm³/mol. The Morgan fingerprint density at radius 3 is 2.57 bits per heavy atom. The van der Waals surface area contributed by atoms with Crippen LogP contribution in [0.25, 0.3) is 0 Å². The Kier molecular flexibility index (Phi) is 4.01. The molecule has 1 unspecified atom stereocenters. The number of benzene rings is 2. The highest BCUT2D eigenvalue weighted by molar-refractivity contribution is 6.38. The van der Waals surface area contributed by atoms with Crippen LogP contribution in [0.5, 0.6) is 0 Å². The Bertz CT molecular complexity index is 647. The van der Waals surface area contributed by atoms with Crippen LogP contribution < -0.4 is 10.6 Å². The molecule has 1 aliphatic rings. The molecule has 0 spiro atoms. The van der Waals surface area contributed by atoms with Crippen LogP contribution in [0.4, 0.5) is 11.4 Å². The fourth-order valence-corrected chi connectivity index (χ4v) is 3.46. The van der Waals surface area contributed by atoms with E-state index in [1.165, 1.54) is 11.3 Å². The van der Waals surface area contributed by atoms with Gasteiger partial charge in [0.1, 0.15) is 0 Å². The van der Waals surface area contributed by atoms with Crippen LogP contribution in [0.3, 0.4) is 0 Å². The predicted octanol–water partition coefficient (Wildman–Crippen LogP) is 4.92. The van der Waals surface area contributed by atoms with E-state index in [0.29, 0.717) is 21.8 Å². The van der Waals surface area contributed by atoms with Crippen molar-refractivity contribution in [1.29, 1.82) is 0 Å². The van der Waals surface area contributed by atoms with Crippen molar-refractivity contribution in [2.24, 2.45) is 0 Å². The Morgan fingerprint density at radius 1 is 1.19 bits per heavy atom. The van der Waals surface area contributed by atoms with Gasteiger partial charge in [0, 0.05) is 18.3 Å². The molecule has 21 heavy (non-hydrogen) atoms. The summed E-state index contributed by atoms with van der Waals surface area (Å²) in [6.45, 7) is 3.05. The van der Waals surface area contributed by atoms with Crippen LogP contribution in [0.15, 0.2) is 36.4 Å². The van der Waals surface area contributed by atoms with Gasteiger partial charge in [-0.3, -0.25) is 0 Å². The first-order chi connectivity index (χ1) is 10.1. The van der Waals surface area contributed by atoms with E-state index in [4.69, 9.17) is 28.9 Å². The first-order valence-corrected chi connectivity index (χ1v) is 7.90. The number of nitrogen functional groups attached to an aromatic ring is 1. The minimum atomic E-state index is 0.453. The molecule has 0 aliphatic carbocycles. The van der Waals surface area contributed by atoms with Gasteiger partial charge >= 0.3 is 0 Å². The van der Waals surface area contributed by atoms with Crippen molar-refractivity contribution in [2.45, 2.75) is 32.4 Å². The third-order valence-electron chi connectivity index (χ3n) is 4.16. The maximum absolute atomic E-state index is 6.15. The van der Waals surface area contributed by atoms with Crippen molar-refractivity contribution >= 4 is 34.6 Å². The molecule has 1 atom stereocenters. The van der Waals surface area contributed by atoms with E-state index in [1.807, 2.05) is 12.1 Å². The normalized spacial score (nSPS) is 17.7. The van der Waals surface area contributed by atoms with Crippen molar-refractivity contribution in [1.82, 2.24) is 0 Å². The van der Waals surface area contributed by atoms with E-state index >= 15 is 0 Å². The lowest BCUT2D eigenvalue weighted by Crippen LogP contribution is -2.36. The molecule has 0 fully saturated rings. The largest absolute Gasteiger partial charge is 0.396 e. The molecular weight excluding hydrogens is 303 g/mol. The summed E-state index contributed by atoms with van der Waals surface area (Å²) in [6.07, 6.45) is 2.30. The molecule has 0 saturated carbocycles. The number of aryl methyl sites for hydroxylation is 1. The molecule has 0 radical (unpaired) electrons.